The lowest BCUT2D eigenvalue weighted by molar-refractivity contribution is -0.142. The third-order valence-corrected chi connectivity index (χ3v) is 2.26. The number of hydrogen-bond donors (Lipinski definition) is 0. The van der Waals surface area contributed by atoms with E-state index in [0.29, 0.717) is 25.3 Å². The summed E-state index contributed by atoms with van der Waals surface area (Å²) in [4.78, 5) is 17.0. The molecule has 0 aromatic carbocycles. The molecule has 90 valence electrons. The van der Waals surface area contributed by atoms with Gasteiger partial charge in [0.25, 0.3) is 0 Å². The Balaban J connectivity index is 2.61. The average molecular weight is 233 g/mol. The first kappa shape index (κ1) is 13.0. The maximum atomic E-state index is 11.2. The Morgan fingerprint density at radius 2 is 2.41 bits per heavy atom. The molecule has 0 aliphatic heterocycles. The highest BCUT2D eigenvalue weighted by molar-refractivity contribution is 5.70. The summed E-state index contributed by atoms with van der Waals surface area (Å²) < 4.78 is 4.84. The molecule has 0 saturated heterocycles. The number of anilines is 1. The largest absolute Gasteiger partial charge is 0.466 e. The van der Waals surface area contributed by atoms with Crippen LogP contribution in [0.5, 0.6) is 0 Å². The predicted molar refractivity (Wildman–Crippen MR) is 63.5 cm³/mol. The van der Waals surface area contributed by atoms with Gasteiger partial charge in [-0.05, 0) is 19.1 Å². The van der Waals surface area contributed by atoms with Gasteiger partial charge in [0, 0.05) is 19.8 Å². The number of aromatic nitrogens is 1. The first-order valence-corrected chi connectivity index (χ1v) is 5.41. The Kier molecular flexibility index (Phi) is 4.95. The minimum Gasteiger partial charge on any atom is -0.466 e. The van der Waals surface area contributed by atoms with Gasteiger partial charge in [-0.25, -0.2) is 4.98 Å². The molecule has 1 rings (SSSR count). The minimum absolute atomic E-state index is 0.234. The quantitative estimate of drug-likeness (QED) is 0.718. The molecule has 5 nitrogen and oxygen atoms in total. The van der Waals surface area contributed by atoms with Gasteiger partial charge >= 0.3 is 5.97 Å². The van der Waals surface area contributed by atoms with Gasteiger partial charge in [-0.2, -0.15) is 5.26 Å². The minimum atomic E-state index is -0.234. The smallest absolute Gasteiger partial charge is 0.307 e. The van der Waals surface area contributed by atoms with Crippen molar-refractivity contribution in [1.82, 2.24) is 4.98 Å². The summed E-state index contributed by atoms with van der Waals surface area (Å²) in [6.07, 6.45) is 1.87. The topological polar surface area (TPSA) is 66.2 Å². The molecule has 0 spiro atoms. The van der Waals surface area contributed by atoms with Crippen LogP contribution in [-0.4, -0.2) is 31.2 Å². The molecule has 1 aromatic rings. The molecule has 0 aliphatic rings. The van der Waals surface area contributed by atoms with Gasteiger partial charge in [-0.1, -0.05) is 0 Å². The second kappa shape index (κ2) is 6.48. The van der Waals surface area contributed by atoms with Crippen LogP contribution in [0, 0.1) is 11.3 Å². The molecule has 0 N–H and O–H groups in total. The molecule has 0 unspecified atom stereocenters. The zero-order valence-corrected chi connectivity index (χ0v) is 10.0. The van der Waals surface area contributed by atoms with Gasteiger partial charge in [-0.15, -0.1) is 0 Å². The molecule has 5 heteroatoms. The van der Waals surface area contributed by atoms with Crippen molar-refractivity contribution >= 4 is 11.7 Å². The van der Waals surface area contributed by atoms with E-state index in [1.165, 1.54) is 0 Å². The first-order valence-electron chi connectivity index (χ1n) is 5.41. The lowest BCUT2D eigenvalue weighted by atomic mass is 10.2. The summed E-state index contributed by atoms with van der Waals surface area (Å²) in [5.74, 6) is -0.234. The van der Waals surface area contributed by atoms with E-state index < -0.39 is 0 Å². The normalized spacial score (nSPS) is 9.47. The molecule has 0 aliphatic carbocycles. The van der Waals surface area contributed by atoms with Crippen LogP contribution >= 0.6 is 0 Å². The maximum Gasteiger partial charge on any atom is 0.307 e. The number of nitrogens with zero attached hydrogens (tertiary/aromatic N) is 3. The zero-order chi connectivity index (χ0) is 12.7. The standard InChI is InChI=1S/C12H15N3O2/c1-3-17-12(16)6-8-15(2)11-5-4-7-14-10(11)9-13/h4-5,7H,3,6,8H2,1-2H3. The second-order valence-corrected chi connectivity index (χ2v) is 3.46. The van der Waals surface area contributed by atoms with Gasteiger partial charge in [0.05, 0.1) is 18.7 Å². The van der Waals surface area contributed by atoms with Gasteiger partial charge in [0.2, 0.25) is 0 Å². The van der Waals surface area contributed by atoms with Crippen molar-refractivity contribution in [2.45, 2.75) is 13.3 Å². The van der Waals surface area contributed by atoms with Crippen LogP contribution < -0.4 is 4.90 Å². The molecule has 1 heterocycles. The second-order valence-electron chi connectivity index (χ2n) is 3.46. The van der Waals surface area contributed by atoms with E-state index in [9.17, 15) is 4.79 Å². The average Bonchev–Trinajstić information content (AvgIpc) is 2.36. The molecule has 0 amide bonds. The molecule has 0 atom stereocenters. The molecule has 0 bridgehead atoms. The number of pyridine rings is 1. The third kappa shape index (κ3) is 3.76. The van der Waals surface area contributed by atoms with Gasteiger partial charge < -0.3 is 9.64 Å². The van der Waals surface area contributed by atoms with E-state index in [1.54, 1.807) is 25.3 Å². The molecule has 1 aromatic heterocycles. The molecule has 0 radical (unpaired) electrons. The van der Waals surface area contributed by atoms with Crippen LogP contribution in [0.4, 0.5) is 5.69 Å². The predicted octanol–water partition coefficient (Wildman–Crippen LogP) is 1.34. The van der Waals surface area contributed by atoms with E-state index in [4.69, 9.17) is 10.00 Å². The fourth-order valence-corrected chi connectivity index (χ4v) is 1.40. The van der Waals surface area contributed by atoms with Crippen molar-refractivity contribution in [1.29, 1.82) is 5.26 Å². The van der Waals surface area contributed by atoms with Crippen LogP contribution in [0.15, 0.2) is 18.3 Å². The van der Waals surface area contributed by atoms with Crippen molar-refractivity contribution in [2.24, 2.45) is 0 Å². The fourth-order valence-electron chi connectivity index (χ4n) is 1.40. The lowest BCUT2D eigenvalue weighted by Crippen LogP contribution is -2.23. The Morgan fingerprint density at radius 3 is 3.06 bits per heavy atom. The number of esters is 1. The number of nitriles is 1. The molecular weight excluding hydrogens is 218 g/mol. The van der Waals surface area contributed by atoms with Crippen LogP contribution in [-0.2, 0) is 9.53 Å². The van der Waals surface area contributed by atoms with Crippen LogP contribution in [0.25, 0.3) is 0 Å². The summed E-state index contributed by atoms with van der Waals surface area (Å²) in [6.45, 7) is 2.66. The van der Waals surface area contributed by atoms with E-state index in [1.807, 2.05) is 18.0 Å². The Hall–Kier alpha value is -2.09. The number of carbonyl (C=O) groups is 1. The zero-order valence-electron chi connectivity index (χ0n) is 10.0. The first-order chi connectivity index (χ1) is 8.19. The Morgan fingerprint density at radius 1 is 1.65 bits per heavy atom. The summed E-state index contributed by atoms with van der Waals surface area (Å²) in [7, 11) is 1.82. The number of carbonyl (C=O) groups excluding carboxylic acids is 1. The fraction of sp³-hybridized carbons (Fsp3) is 0.417. The monoisotopic (exact) mass is 233 g/mol. The number of rotatable bonds is 5. The van der Waals surface area contributed by atoms with Crippen molar-refractivity contribution in [3.8, 4) is 6.07 Å². The van der Waals surface area contributed by atoms with E-state index in [-0.39, 0.29) is 5.97 Å². The Labute approximate surface area is 101 Å². The SMILES string of the molecule is CCOC(=O)CCN(C)c1cccnc1C#N. The molecule has 17 heavy (non-hydrogen) atoms. The highest BCUT2D eigenvalue weighted by Crippen LogP contribution is 2.15. The highest BCUT2D eigenvalue weighted by atomic mass is 16.5. The maximum absolute atomic E-state index is 11.2. The number of hydrogen-bond acceptors (Lipinski definition) is 5. The Bertz CT molecular complexity index is 426. The van der Waals surface area contributed by atoms with Crippen molar-refractivity contribution < 1.29 is 9.53 Å². The van der Waals surface area contributed by atoms with Crippen molar-refractivity contribution in [3.05, 3.63) is 24.0 Å². The van der Waals surface area contributed by atoms with E-state index in [0.717, 1.165) is 5.69 Å². The van der Waals surface area contributed by atoms with Crippen LogP contribution in [0.1, 0.15) is 19.0 Å². The summed E-state index contributed by atoms with van der Waals surface area (Å²) in [6, 6.07) is 5.58. The molecule has 0 saturated carbocycles. The summed E-state index contributed by atoms with van der Waals surface area (Å²) in [5, 5.41) is 8.90. The third-order valence-electron chi connectivity index (χ3n) is 2.26. The van der Waals surface area contributed by atoms with Gasteiger partial charge in [0.1, 0.15) is 6.07 Å². The highest BCUT2D eigenvalue weighted by Gasteiger charge is 2.09. The molecule has 0 fully saturated rings. The van der Waals surface area contributed by atoms with E-state index >= 15 is 0 Å². The lowest BCUT2D eigenvalue weighted by Gasteiger charge is -2.19. The van der Waals surface area contributed by atoms with Crippen LogP contribution in [0.2, 0.25) is 0 Å². The van der Waals surface area contributed by atoms with Crippen molar-refractivity contribution in [2.75, 3.05) is 25.1 Å². The van der Waals surface area contributed by atoms with Gasteiger partial charge in [-0.3, -0.25) is 4.79 Å². The summed E-state index contributed by atoms with van der Waals surface area (Å²) in [5.41, 5.74) is 1.08. The van der Waals surface area contributed by atoms with E-state index in [2.05, 4.69) is 4.98 Å². The van der Waals surface area contributed by atoms with Gasteiger partial charge in [0.15, 0.2) is 5.69 Å². The summed E-state index contributed by atoms with van der Waals surface area (Å²) >= 11 is 0. The van der Waals surface area contributed by atoms with Crippen LogP contribution in [0.3, 0.4) is 0 Å². The molecular formula is C12H15N3O2. The number of ether oxygens (including phenoxy) is 1. The van der Waals surface area contributed by atoms with Crippen molar-refractivity contribution in [3.63, 3.8) is 0 Å².